The first-order chi connectivity index (χ1) is 8.99. The second kappa shape index (κ2) is 5.65. The first-order valence-corrected chi connectivity index (χ1v) is 6.96. The van der Waals surface area contributed by atoms with Crippen molar-refractivity contribution in [1.29, 1.82) is 0 Å². The summed E-state index contributed by atoms with van der Waals surface area (Å²) in [5.74, 6) is 0.546. The molecule has 2 N–H and O–H groups in total. The Bertz CT molecular complexity index is 486. The van der Waals surface area contributed by atoms with E-state index in [9.17, 15) is 4.79 Å². The van der Waals surface area contributed by atoms with Crippen molar-refractivity contribution >= 4 is 23.1 Å². The van der Waals surface area contributed by atoms with Crippen LogP contribution in [0.15, 0.2) is 18.3 Å². The lowest BCUT2D eigenvalue weighted by Crippen LogP contribution is -2.45. The smallest absolute Gasteiger partial charge is 0.272 e. The summed E-state index contributed by atoms with van der Waals surface area (Å²) >= 11 is 4.87. The number of nitrogens with zero attached hydrogens (tertiary/aromatic N) is 2. The maximum atomic E-state index is 12.4. The molecule has 4 nitrogen and oxygen atoms in total. The van der Waals surface area contributed by atoms with Gasteiger partial charge in [0.1, 0.15) is 10.7 Å². The van der Waals surface area contributed by atoms with Crippen molar-refractivity contribution in [3.05, 3.63) is 29.6 Å². The quantitative estimate of drug-likeness (QED) is 0.840. The molecule has 1 fully saturated rings. The van der Waals surface area contributed by atoms with Gasteiger partial charge in [-0.25, -0.2) is 0 Å². The normalized spacial score (nSPS) is 23.2. The zero-order chi connectivity index (χ0) is 14.0. The number of piperidine rings is 1. The minimum Gasteiger partial charge on any atom is -0.389 e. The van der Waals surface area contributed by atoms with Crippen LogP contribution in [0, 0.1) is 5.92 Å². The summed E-state index contributed by atoms with van der Waals surface area (Å²) in [5, 5.41) is 0. The van der Waals surface area contributed by atoms with Crippen LogP contribution in [0.3, 0.4) is 0 Å². The third kappa shape index (κ3) is 3.10. The van der Waals surface area contributed by atoms with E-state index in [1.165, 1.54) is 6.42 Å². The molecule has 1 aliphatic rings. The van der Waals surface area contributed by atoms with E-state index in [4.69, 9.17) is 18.0 Å². The Hall–Kier alpha value is -1.49. The highest BCUT2D eigenvalue weighted by Gasteiger charge is 2.28. The molecule has 0 saturated carbocycles. The number of amides is 1. The van der Waals surface area contributed by atoms with Gasteiger partial charge in [-0.2, -0.15) is 0 Å². The van der Waals surface area contributed by atoms with Crippen LogP contribution in [0.2, 0.25) is 0 Å². The third-order valence-corrected chi connectivity index (χ3v) is 3.88. The van der Waals surface area contributed by atoms with E-state index in [-0.39, 0.29) is 11.9 Å². The van der Waals surface area contributed by atoms with Crippen molar-refractivity contribution < 1.29 is 4.79 Å². The molecule has 1 amide bonds. The molecule has 2 rings (SSSR count). The summed E-state index contributed by atoms with van der Waals surface area (Å²) < 4.78 is 0. The van der Waals surface area contributed by atoms with E-state index >= 15 is 0 Å². The van der Waals surface area contributed by atoms with E-state index in [1.807, 2.05) is 4.90 Å². The molecule has 5 heteroatoms. The molecule has 19 heavy (non-hydrogen) atoms. The number of hydrogen-bond acceptors (Lipinski definition) is 3. The van der Waals surface area contributed by atoms with Crippen LogP contribution in [0.1, 0.15) is 42.7 Å². The topological polar surface area (TPSA) is 59.2 Å². The summed E-state index contributed by atoms with van der Waals surface area (Å²) in [6, 6.07) is 3.73. The highest BCUT2D eigenvalue weighted by atomic mass is 32.1. The van der Waals surface area contributed by atoms with Gasteiger partial charge in [0.05, 0.1) is 0 Å². The Morgan fingerprint density at radius 1 is 1.42 bits per heavy atom. The molecule has 0 aliphatic carbocycles. The number of aromatic nitrogens is 1. The van der Waals surface area contributed by atoms with Gasteiger partial charge in [0.2, 0.25) is 0 Å². The first kappa shape index (κ1) is 13.9. The number of pyridine rings is 1. The monoisotopic (exact) mass is 277 g/mol. The minimum absolute atomic E-state index is 0.00598. The van der Waals surface area contributed by atoms with Gasteiger partial charge < -0.3 is 10.6 Å². The molecule has 1 aromatic rings. The lowest BCUT2D eigenvalue weighted by atomic mass is 9.95. The van der Waals surface area contributed by atoms with Gasteiger partial charge in [0.15, 0.2) is 0 Å². The predicted molar refractivity (Wildman–Crippen MR) is 79.0 cm³/mol. The van der Waals surface area contributed by atoms with Crippen molar-refractivity contribution in [2.45, 2.75) is 32.7 Å². The molecular weight excluding hydrogens is 258 g/mol. The highest BCUT2D eigenvalue weighted by Crippen LogP contribution is 2.22. The van der Waals surface area contributed by atoms with Crippen LogP contribution in [0.5, 0.6) is 0 Å². The Morgan fingerprint density at radius 2 is 2.16 bits per heavy atom. The van der Waals surface area contributed by atoms with Crippen LogP contribution in [-0.2, 0) is 0 Å². The molecule has 1 saturated heterocycles. The Kier molecular flexibility index (Phi) is 4.14. The van der Waals surface area contributed by atoms with Gasteiger partial charge in [-0.1, -0.05) is 19.1 Å². The standard InChI is InChI=1S/C14H19N3OS/c1-9-3-4-10(2)17(8-9)14(18)12-6-5-11(7-16-12)13(15)19/h5-7,9-10H,3-4,8H2,1-2H3,(H2,15,19). The lowest BCUT2D eigenvalue weighted by Gasteiger charge is -2.36. The highest BCUT2D eigenvalue weighted by molar-refractivity contribution is 7.80. The SMILES string of the molecule is CC1CCC(C)N(C(=O)c2ccc(C(N)=S)cn2)C1. The molecule has 0 radical (unpaired) electrons. The van der Waals surface area contributed by atoms with Crippen LogP contribution in [0.4, 0.5) is 0 Å². The number of likely N-dealkylation sites (tertiary alicyclic amines) is 1. The number of carbonyl (C=O) groups excluding carboxylic acids is 1. The van der Waals surface area contributed by atoms with Crippen molar-refractivity contribution in [2.75, 3.05) is 6.54 Å². The maximum absolute atomic E-state index is 12.4. The van der Waals surface area contributed by atoms with Crippen LogP contribution in [-0.4, -0.2) is 33.4 Å². The predicted octanol–water partition coefficient (Wildman–Crippen LogP) is 1.98. The number of nitrogens with two attached hydrogens (primary N) is 1. The van der Waals surface area contributed by atoms with E-state index in [0.717, 1.165) is 13.0 Å². The molecule has 1 aliphatic heterocycles. The number of rotatable bonds is 2. The Morgan fingerprint density at radius 3 is 2.74 bits per heavy atom. The maximum Gasteiger partial charge on any atom is 0.272 e. The van der Waals surface area contributed by atoms with E-state index in [0.29, 0.717) is 22.2 Å². The molecule has 2 heterocycles. The first-order valence-electron chi connectivity index (χ1n) is 6.56. The molecule has 2 unspecified atom stereocenters. The molecule has 0 spiro atoms. The number of carbonyl (C=O) groups is 1. The summed E-state index contributed by atoms with van der Waals surface area (Å²) in [5.41, 5.74) is 6.66. The molecule has 0 aromatic carbocycles. The summed E-state index contributed by atoms with van der Waals surface area (Å²) in [6.45, 7) is 5.07. The zero-order valence-corrected chi connectivity index (χ0v) is 12.1. The van der Waals surface area contributed by atoms with Crippen LogP contribution < -0.4 is 5.73 Å². The van der Waals surface area contributed by atoms with Crippen LogP contribution in [0.25, 0.3) is 0 Å². The van der Waals surface area contributed by atoms with Gasteiger partial charge in [-0.3, -0.25) is 9.78 Å². The Balaban J connectivity index is 2.16. The van der Waals surface area contributed by atoms with Gasteiger partial charge in [-0.15, -0.1) is 0 Å². The van der Waals surface area contributed by atoms with Gasteiger partial charge >= 0.3 is 0 Å². The summed E-state index contributed by atoms with van der Waals surface area (Å²) in [7, 11) is 0. The average Bonchev–Trinajstić information content (AvgIpc) is 2.41. The van der Waals surface area contributed by atoms with Crippen molar-refractivity contribution in [3.8, 4) is 0 Å². The number of thiocarbonyl (C=S) groups is 1. The van der Waals surface area contributed by atoms with Crippen molar-refractivity contribution in [1.82, 2.24) is 9.88 Å². The van der Waals surface area contributed by atoms with Crippen molar-refractivity contribution in [2.24, 2.45) is 11.7 Å². The molecule has 102 valence electrons. The Labute approximate surface area is 119 Å². The fourth-order valence-corrected chi connectivity index (χ4v) is 2.51. The second-order valence-electron chi connectivity index (χ2n) is 5.29. The van der Waals surface area contributed by atoms with E-state index in [2.05, 4.69) is 18.8 Å². The summed E-state index contributed by atoms with van der Waals surface area (Å²) in [4.78, 5) is 18.8. The second-order valence-corrected chi connectivity index (χ2v) is 5.73. The van der Waals surface area contributed by atoms with Gasteiger partial charge in [-0.05, 0) is 37.8 Å². The van der Waals surface area contributed by atoms with Crippen LogP contribution >= 0.6 is 12.2 Å². The minimum atomic E-state index is -0.00598. The molecule has 0 bridgehead atoms. The fraction of sp³-hybridized carbons (Fsp3) is 0.500. The third-order valence-electron chi connectivity index (χ3n) is 3.65. The molecule has 1 aromatic heterocycles. The number of hydrogen-bond donors (Lipinski definition) is 1. The molecule has 2 atom stereocenters. The molecular formula is C14H19N3OS. The van der Waals surface area contributed by atoms with E-state index in [1.54, 1.807) is 18.3 Å². The van der Waals surface area contributed by atoms with Crippen molar-refractivity contribution in [3.63, 3.8) is 0 Å². The fourth-order valence-electron chi connectivity index (χ4n) is 2.38. The van der Waals surface area contributed by atoms with Gasteiger partial charge in [0.25, 0.3) is 5.91 Å². The van der Waals surface area contributed by atoms with Gasteiger partial charge in [0, 0.05) is 24.3 Å². The average molecular weight is 277 g/mol. The van der Waals surface area contributed by atoms with E-state index < -0.39 is 0 Å². The lowest BCUT2D eigenvalue weighted by molar-refractivity contribution is 0.0568. The summed E-state index contributed by atoms with van der Waals surface area (Å²) in [6.07, 6.45) is 3.80. The largest absolute Gasteiger partial charge is 0.389 e. The zero-order valence-electron chi connectivity index (χ0n) is 11.3.